The number of para-hydroxylation sites is 1. The number of Topliss-reactive ketones (excluding diaryl/α,β-unsaturated/α-hetero) is 1. The van der Waals surface area contributed by atoms with Crippen LogP contribution in [0.4, 0.5) is 5.69 Å². The van der Waals surface area contributed by atoms with E-state index in [0.717, 1.165) is 16.3 Å². The molecule has 0 saturated carbocycles. The summed E-state index contributed by atoms with van der Waals surface area (Å²) in [6.45, 7) is 1.59. The van der Waals surface area contributed by atoms with Crippen molar-refractivity contribution in [1.82, 2.24) is 0 Å². The summed E-state index contributed by atoms with van der Waals surface area (Å²) in [5, 5.41) is 0. The third-order valence-corrected chi connectivity index (χ3v) is 6.65. The van der Waals surface area contributed by atoms with Crippen molar-refractivity contribution in [1.29, 1.82) is 0 Å². The van der Waals surface area contributed by atoms with E-state index in [4.69, 9.17) is 4.74 Å². The molecule has 0 aromatic heterocycles. The average molecular weight is 438 g/mol. The van der Waals surface area contributed by atoms with Crippen LogP contribution >= 0.6 is 0 Å². The second kappa shape index (κ2) is 9.57. The molecule has 0 N–H and O–H groups in total. The summed E-state index contributed by atoms with van der Waals surface area (Å²) in [6.07, 6.45) is 0.863. The highest BCUT2D eigenvalue weighted by Crippen LogP contribution is 2.22. The van der Waals surface area contributed by atoms with Crippen LogP contribution in [0.5, 0.6) is 0 Å². The van der Waals surface area contributed by atoms with Crippen molar-refractivity contribution >= 4 is 27.5 Å². The van der Waals surface area contributed by atoms with Gasteiger partial charge in [-0.15, -0.1) is 0 Å². The number of aryl methyl sites for hydroxylation is 1. The van der Waals surface area contributed by atoms with Crippen LogP contribution in [0.3, 0.4) is 0 Å². The van der Waals surface area contributed by atoms with Gasteiger partial charge in [0.1, 0.15) is 0 Å². The van der Waals surface area contributed by atoms with Gasteiger partial charge in [0.05, 0.1) is 16.1 Å². The van der Waals surface area contributed by atoms with E-state index < -0.39 is 22.6 Å². The molecule has 0 aliphatic heterocycles. The summed E-state index contributed by atoms with van der Waals surface area (Å²) in [4.78, 5) is 24.6. The fraction of sp³-hybridized carbons (Fsp3) is 0.167. The number of carbonyl (C=O) groups is 2. The van der Waals surface area contributed by atoms with Gasteiger partial charge in [0.15, 0.2) is 12.4 Å². The van der Waals surface area contributed by atoms with Gasteiger partial charge < -0.3 is 4.74 Å². The molecule has 6 nitrogen and oxygen atoms in total. The summed E-state index contributed by atoms with van der Waals surface area (Å²) in [5.74, 6) is -1.10. The van der Waals surface area contributed by atoms with E-state index in [1.807, 2.05) is 19.1 Å². The molecule has 0 atom stereocenters. The number of ketones is 1. The minimum absolute atomic E-state index is 0.0465. The van der Waals surface area contributed by atoms with Crippen LogP contribution in [0.15, 0.2) is 83.8 Å². The number of rotatable bonds is 8. The van der Waals surface area contributed by atoms with E-state index >= 15 is 0 Å². The first-order valence-corrected chi connectivity index (χ1v) is 11.2. The molecule has 0 spiro atoms. The molecule has 3 rings (SSSR count). The molecule has 3 aromatic carbocycles. The Hall–Kier alpha value is -3.45. The van der Waals surface area contributed by atoms with Crippen molar-refractivity contribution in [2.24, 2.45) is 0 Å². The summed E-state index contributed by atoms with van der Waals surface area (Å²) in [5.41, 5.74) is 2.10. The SMILES string of the molecule is CCc1ccc(C(=O)COC(=O)c2cccc(S(=O)(=O)N(C)c3ccccc3)c2)cc1. The second-order valence-electron chi connectivity index (χ2n) is 6.89. The Morgan fingerprint density at radius 2 is 1.55 bits per heavy atom. The van der Waals surface area contributed by atoms with E-state index in [-0.39, 0.29) is 16.2 Å². The highest BCUT2D eigenvalue weighted by atomic mass is 32.2. The van der Waals surface area contributed by atoms with Crippen molar-refractivity contribution < 1.29 is 22.7 Å². The van der Waals surface area contributed by atoms with Crippen molar-refractivity contribution in [2.45, 2.75) is 18.2 Å². The van der Waals surface area contributed by atoms with Gasteiger partial charge in [-0.1, -0.05) is 55.5 Å². The maximum Gasteiger partial charge on any atom is 0.338 e. The Balaban J connectivity index is 1.71. The largest absolute Gasteiger partial charge is 0.454 e. The Morgan fingerprint density at radius 3 is 2.19 bits per heavy atom. The fourth-order valence-electron chi connectivity index (χ4n) is 2.94. The van der Waals surface area contributed by atoms with E-state index in [9.17, 15) is 18.0 Å². The maximum atomic E-state index is 12.9. The molecule has 3 aromatic rings. The molecule has 31 heavy (non-hydrogen) atoms. The summed E-state index contributed by atoms with van der Waals surface area (Å²) in [6, 6.07) is 21.3. The smallest absolute Gasteiger partial charge is 0.338 e. The first-order valence-electron chi connectivity index (χ1n) is 9.76. The highest BCUT2D eigenvalue weighted by Gasteiger charge is 2.23. The van der Waals surface area contributed by atoms with Crippen LogP contribution < -0.4 is 4.31 Å². The summed E-state index contributed by atoms with van der Waals surface area (Å²) >= 11 is 0. The van der Waals surface area contributed by atoms with Crippen molar-refractivity contribution in [3.05, 3.63) is 95.6 Å². The van der Waals surface area contributed by atoms with Gasteiger partial charge >= 0.3 is 5.97 Å². The minimum Gasteiger partial charge on any atom is -0.454 e. The predicted molar refractivity (Wildman–Crippen MR) is 119 cm³/mol. The lowest BCUT2D eigenvalue weighted by Gasteiger charge is -2.19. The molecule has 0 bridgehead atoms. The zero-order valence-corrected chi connectivity index (χ0v) is 18.1. The molecule has 0 aliphatic carbocycles. The summed E-state index contributed by atoms with van der Waals surface area (Å²) < 4.78 is 32.1. The van der Waals surface area contributed by atoms with Crippen LogP contribution in [0, 0.1) is 0 Å². The average Bonchev–Trinajstić information content (AvgIpc) is 2.82. The normalized spacial score (nSPS) is 11.0. The standard InChI is InChI=1S/C24H23NO5S/c1-3-18-12-14-19(15-13-18)23(26)17-30-24(27)20-8-7-11-22(16-20)31(28,29)25(2)21-9-5-4-6-10-21/h4-16H,3,17H2,1-2H3. The zero-order chi connectivity index (χ0) is 22.4. The Kier molecular flexibility index (Phi) is 6.87. The fourth-order valence-corrected chi connectivity index (χ4v) is 4.18. The first-order chi connectivity index (χ1) is 14.8. The Bertz CT molecular complexity index is 1170. The van der Waals surface area contributed by atoms with E-state index in [2.05, 4.69) is 0 Å². The lowest BCUT2D eigenvalue weighted by molar-refractivity contribution is 0.0474. The first kappa shape index (κ1) is 22.2. The van der Waals surface area contributed by atoms with Crippen molar-refractivity contribution in [3.8, 4) is 0 Å². The number of hydrogen-bond donors (Lipinski definition) is 0. The lowest BCUT2D eigenvalue weighted by atomic mass is 10.1. The monoisotopic (exact) mass is 437 g/mol. The molecule has 7 heteroatoms. The van der Waals surface area contributed by atoms with Crippen molar-refractivity contribution in [2.75, 3.05) is 18.0 Å². The molecule has 0 unspecified atom stereocenters. The molecular weight excluding hydrogens is 414 g/mol. The topological polar surface area (TPSA) is 80.8 Å². The van der Waals surface area contributed by atoms with Crippen LogP contribution in [0.25, 0.3) is 0 Å². The molecule has 0 heterocycles. The van der Waals surface area contributed by atoms with Gasteiger partial charge in [0.2, 0.25) is 0 Å². The van der Waals surface area contributed by atoms with Crippen LogP contribution in [-0.4, -0.2) is 33.8 Å². The predicted octanol–water partition coefficient (Wildman–Crippen LogP) is 4.11. The third-order valence-electron chi connectivity index (χ3n) is 4.87. The lowest BCUT2D eigenvalue weighted by Crippen LogP contribution is -2.26. The molecule has 0 fully saturated rings. The molecular formula is C24H23NO5S. The van der Waals surface area contributed by atoms with Gasteiger partial charge in [-0.3, -0.25) is 9.10 Å². The number of carbonyl (C=O) groups excluding carboxylic acids is 2. The third kappa shape index (κ3) is 5.19. The number of sulfonamides is 1. The Morgan fingerprint density at radius 1 is 0.871 bits per heavy atom. The van der Waals surface area contributed by atoms with Gasteiger partial charge in [0, 0.05) is 12.6 Å². The molecule has 160 valence electrons. The highest BCUT2D eigenvalue weighted by molar-refractivity contribution is 7.92. The zero-order valence-electron chi connectivity index (χ0n) is 17.3. The number of anilines is 1. The molecule has 0 radical (unpaired) electrons. The molecule has 0 amide bonds. The number of hydrogen-bond acceptors (Lipinski definition) is 5. The second-order valence-corrected chi connectivity index (χ2v) is 8.85. The van der Waals surface area contributed by atoms with E-state index in [0.29, 0.717) is 11.3 Å². The Labute approximate surface area is 182 Å². The number of ether oxygens (including phenoxy) is 1. The van der Waals surface area contributed by atoms with Crippen LogP contribution in [0.2, 0.25) is 0 Å². The number of esters is 1. The van der Waals surface area contributed by atoms with Crippen LogP contribution in [-0.2, 0) is 21.2 Å². The van der Waals surface area contributed by atoms with Crippen molar-refractivity contribution in [3.63, 3.8) is 0 Å². The van der Waals surface area contributed by atoms with Crippen LogP contribution in [0.1, 0.15) is 33.2 Å². The maximum absolute atomic E-state index is 12.9. The van der Waals surface area contributed by atoms with Gasteiger partial charge in [-0.2, -0.15) is 0 Å². The molecule has 0 saturated heterocycles. The number of nitrogens with zero attached hydrogens (tertiary/aromatic N) is 1. The quantitative estimate of drug-likeness (QED) is 0.391. The van der Waals surface area contributed by atoms with Gasteiger partial charge in [0.25, 0.3) is 10.0 Å². The van der Waals surface area contributed by atoms with Gasteiger partial charge in [-0.25, -0.2) is 13.2 Å². The van der Waals surface area contributed by atoms with E-state index in [1.165, 1.54) is 31.3 Å². The molecule has 0 aliphatic rings. The van der Waals surface area contributed by atoms with Gasteiger partial charge in [-0.05, 0) is 42.3 Å². The van der Waals surface area contributed by atoms with E-state index in [1.54, 1.807) is 42.5 Å². The number of benzene rings is 3. The minimum atomic E-state index is -3.87. The summed E-state index contributed by atoms with van der Waals surface area (Å²) in [7, 11) is -2.43.